The fourth-order valence-electron chi connectivity index (χ4n) is 3.73. The third kappa shape index (κ3) is 2.71. The average molecular weight is 310 g/mol. The van der Waals surface area contributed by atoms with Gasteiger partial charge in [-0.1, -0.05) is 18.2 Å². The molecule has 1 amide bonds. The van der Waals surface area contributed by atoms with Crippen LogP contribution in [0.15, 0.2) is 36.7 Å². The Balaban J connectivity index is 1.54. The quantitative estimate of drug-likeness (QED) is 0.835. The van der Waals surface area contributed by atoms with Crippen LogP contribution in [-0.2, 0) is 11.3 Å². The van der Waals surface area contributed by atoms with Crippen molar-refractivity contribution in [3.8, 4) is 0 Å². The van der Waals surface area contributed by atoms with Crippen LogP contribution < -0.4 is 0 Å². The van der Waals surface area contributed by atoms with Gasteiger partial charge in [-0.2, -0.15) is 0 Å². The highest BCUT2D eigenvalue weighted by Crippen LogP contribution is 2.22. The van der Waals surface area contributed by atoms with Crippen LogP contribution in [0.4, 0.5) is 0 Å². The zero-order valence-corrected chi connectivity index (χ0v) is 13.5. The molecule has 0 unspecified atom stereocenters. The summed E-state index contributed by atoms with van der Waals surface area (Å²) in [5, 5.41) is 2.44. The van der Waals surface area contributed by atoms with Crippen LogP contribution in [0.3, 0.4) is 0 Å². The summed E-state index contributed by atoms with van der Waals surface area (Å²) in [6.45, 7) is 5.57. The largest absolute Gasteiger partial charge is 0.343 e. The van der Waals surface area contributed by atoms with Gasteiger partial charge in [-0.25, -0.2) is 0 Å². The van der Waals surface area contributed by atoms with Crippen LogP contribution in [0.2, 0.25) is 0 Å². The molecule has 0 spiro atoms. The van der Waals surface area contributed by atoms with E-state index in [1.807, 2.05) is 24.3 Å². The van der Waals surface area contributed by atoms with Gasteiger partial charge < -0.3 is 4.90 Å². The molecule has 2 fully saturated rings. The number of pyridine rings is 1. The van der Waals surface area contributed by atoms with Crippen LogP contribution >= 0.6 is 0 Å². The molecule has 4 rings (SSSR count). The Hall–Kier alpha value is -1.98. The molecule has 1 aromatic carbocycles. The first kappa shape index (κ1) is 14.6. The number of amides is 1. The first-order chi connectivity index (χ1) is 11.2. The van der Waals surface area contributed by atoms with Crippen molar-refractivity contribution < 1.29 is 4.79 Å². The van der Waals surface area contributed by atoms with E-state index in [0.717, 1.165) is 39.3 Å². The number of hydrogen-bond donors (Lipinski definition) is 0. The van der Waals surface area contributed by atoms with Gasteiger partial charge in [0.25, 0.3) is 0 Å². The molecule has 2 aliphatic rings. The van der Waals surface area contributed by atoms with Gasteiger partial charge in [-0.3, -0.25) is 19.6 Å². The van der Waals surface area contributed by atoms with Crippen molar-refractivity contribution in [2.45, 2.75) is 12.6 Å². The van der Waals surface area contributed by atoms with Crippen LogP contribution in [0.5, 0.6) is 0 Å². The van der Waals surface area contributed by atoms with E-state index in [9.17, 15) is 4.79 Å². The van der Waals surface area contributed by atoms with E-state index in [1.54, 1.807) is 0 Å². The molecule has 0 bridgehead atoms. The highest BCUT2D eigenvalue weighted by Gasteiger charge is 2.37. The highest BCUT2D eigenvalue weighted by molar-refractivity contribution is 5.85. The van der Waals surface area contributed by atoms with Gasteiger partial charge in [0, 0.05) is 64.1 Å². The Bertz CT molecular complexity index is 727. The Kier molecular flexibility index (Phi) is 3.75. The van der Waals surface area contributed by atoms with E-state index in [2.05, 4.69) is 39.0 Å². The summed E-state index contributed by atoms with van der Waals surface area (Å²) >= 11 is 0. The molecule has 5 nitrogen and oxygen atoms in total. The zero-order valence-electron chi connectivity index (χ0n) is 13.5. The van der Waals surface area contributed by atoms with Gasteiger partial charge >= 0.3 is 0 Å². The lowest BCUT2D eigenvalue weighted by Crippen LogP contribution is -2.63. The lowest BCUT2D eigenvalue weighted by molar-refractivity contribution is -0.143. The lowest BCUT2D eigenvalue weighted by Gasteiger charge is -2.45. The molecule has 0 radical (unpaired) electrons. The maximum absolute atomic E-state index is 12.4. The van der Waals surface area contributed by atoms with Gasteiger partial charge in [0.1, 0.15) is 6.04 Å². The molecule has 0 N–H and O–H groups in total. The topological polar surface area (TPSA) is 39.7 Å². The average Bonchev–Trinajstić information content (AvgIpc) is 2.59. The van der Waals surface area contributed by atoms with Gasteiger partial charge in [0.05, 0.1) is 0 Å². The minimum Gasteiger partial charge on any atom is -0.343 e. The Labute approximate surface area is 136 Å². The Morgan fingerprint density at radius 2 is 2.04 bits per heavy atom. The molecule has 23 heavy (non-hydrogen) atoms. The van der Waals surface area contributed by atoms with Crippen molar-refractivity contribution in [3.05, 3.63) is 42.2 Å². The van der Waals surface area contributed by atoms with E-state index >= 15 is 0 Å². The van der Waals surface area contributed by atoms with Gasteiger partial charge in [-0.05, 0) is 17.0 Å². The highest BCUT2D eigenvalue weighted by atomic mass is 16.2. The fraction of sp³-hybridized carbons (Fsp3) is 0.444. The van der Waals surface area contributed by atoms with Crippen molar-refractivity contribution >= 4 is 16.7 Å². The maximum atomic E-state index is 12.4. The van der Waals surface area contributed by atoms with Crippen molar-refractivity contribution in [1.82, 2.24) is 19.7 Å². The summed E-state index contributed by atoms with van der Waals surface area (Å²) in [4.78, 5) is 23.2. The number of benzene rings is 1. The molecule has 1 aromatic heterocycles. The van der Waals surface area contributed by atoms with Crippen molar-refractivity contribution in [2.75, 3.05) is 39.8 Å². The normalized spacial score (nSPS) is 23.3. The Morgan fingerprint density at radius 3 is 2.96 bits per heavy atom. The monoisotopic (exact) mass is 310 g/mol. The summed E-state index contributed by atoms with van der Waals surface area (Å²) in [6, 6.07) is 8.49. The van der Waals surface area contributed by atoms with Crippen molar-refractivity contribution in [2.24, 2.45) is 0 Å². The van der Waals surface area contributed by atoms with Crippen molar-refractivity contribution in [3.63, 3.8) is 0 Å². The van der Waals surface area contributed by atoms with Crippen molar-refractivity contribution in [1.29, 1.82) is 0 Å². The standard InChI is InChI=1S/C18H22N4O/c1-20-7-9-22-10-8-21(13-17(22)18(20)23)12-15-4-2-3-14-11-19-6-5-16(14)15/h2-6,11,17H,7-10,12-13H2,1H3/t17-/m0/s1. The number of hydrogen-bond acceptors (Lipinski definition) is 4. The molecular formula is C18H22N4O. The number of aromatic nitrogens is 1. The van der Waals surface area contributed by atoms with E-state index in [0.29, 0.717) is 0 Å². The number of likely N-dealkylation sites (N-methyl/N-ethyl adjacent to an activating group) is 1. The third-order valence-electron chi connectivity index (χ3n) is 5.12. The summed E-state index contributed by atoms with van der Waals surface area (Å²) in [5.41, 5.74) is 1.31. The fourth-order valence-corrected chi connectivity index (χ4v) is 3.73. The molecule has 2 aliphatic heterocycles. The Morgan fingerprint density at radius 1 is 1.17 bits per heavy atom. The third-order valence-corrected chi connectivity index (χ3v) is 5.12. The van der Waals surface area contributed by atoms with Crippen LogP contribution in [0.25, 0.3) is 10.8 Å². The van der Waals surface area contributed by atoms with Gasteiger partial charge in [-0.15, -0.1) is 0 Å². The zero-order chi connectivity index (χ0) is 15.8. The minimum absolute atomic E-state index is 0.0270. The number of nitrogens with zero attached hydrogens (tertiary/aromatic N) is 4. The minimum atomic E-state index is 0.0270. The van der Waals surface area contributed by atoms with Gasteiger partial charge in [0.15, 0.2) is 0 Å². The first-order valence-corrected chi connectivity index (χ1v) is 8.25. The van der Waals surface area contributed by atoms with Crippen LogP contribution in [0, 0.1) is 0 Å². The van der Waals surface area contributed by atoms with E-state index in [1.165, 1.54) is 16.3 Å². The molecule has 0 saturated carbocycles. The summed E-state index contributed by atoms with van der Waals surface area (Å²) < 4.78 is 0. The molecule has 1 atom stereocenters. The molecule has 0 aliphatic carbocycles. The molecule has 3 heterocycles. The number of piperazine rings is 2. The number of carbonyl (C=O) groups is 1. The number of rotatable bonds is 2. The summed E-state index contributed by atoms with van der Waals surface area (Å²) in [5.74, 6) is 0.267. The second-order valence-corrected chi connectivity index (χ2v) is 6.56. The molecule has 2 aromatic rings. The van der Waals surface area contributed by atoms with E-state index < -0.39 is 0 Å². The molecule has 2 saturated heterocycles. The molecule has 5 heteroatoms. The second kappa shape index (κ2) is 5.91. The van der Waals surface area contributed by atoms with E-state index in [-0.39, 0.29) is 11.9 Å². The van der Waals surface area contributed by atoms with Crippen LogP contribution in [0.1, 0.15) is 5.56 Å². The van der Waals surface area contributed by atoms with Gasteiger partial charge in [0.2, 0.25) is 5.91 Å². The lowest BCUT2D eigenvalue weighted by atomic mass is 10.0. The predicted octanol–water partition coefficient (Wildman–Crippen LogP) is 1.19. The predicted molar refractivity (Wildman–Crippen MR) is 90.0 cm³/mol. The summed E-state index contributed by atoms with van der Waals surface area (Å²) in [6.07, 6.45) is 3.76. The first-order valence-electron chi connectivity index (χ1n) is 8.25. The SMILES string of the molecule is CN1CCN2CCN(Cc3cccc4cnccc34)C[C@H]2C1=O. The number of fused-ring (bicyclic) bond motifs is 2. The molecular weight excluding hydrogens is 288 g/mol. The van der Waals surface area contributed by atoms with E-state index in [4.69, 9.17) is 0 Å². The van der Waals surface area contributed by atoms with Crippen LogP contribution in [-0.4, -0.2) is 71.4 Å². The summed E-state index contributed by atoms with van der Waals surface area (Å²) in [7, 11) is 1.91. The maximum Gasteiger partial charge on any atom is 0.241 e. The second-order valence-electron chi connectivity index (χ2n) is 6.56. The smallest absolute Gasteiger partial charge is 0.241 e. The molecule has 120 valence electrons. The number of carbonyl (C=O) groups excluding carboxylic acids is 1.